The molecule has 2 aromatic heterocycles. The molecule has 0 aromatic carbocycles. The molecule has 2 nitrogen and oxygen atoms in total. The van der Waals surface area contributed by atoms with Gasteiger partial charge in [-0.2, -0.15) is 0 Å². The van der Waals surface area contributed by atoms with Crippen molar-refractivity contribution in [3.05, 3.63) is 30.6 Å². The van der Waals surface area contributed by atoms with E-state index in [1.165, 1.54) is 5.03 Å². The molecule has 0 saturated heterocycles. The van der Waals surface area contributed by atoms with Crippen molar-refractivity contribution in [2.45, 2.75) is 5.03 Å². The predicted molar refractivity (Wildman–Crippen MR) is 47.0 cm³/mol. The number of hydrogen-bond donors (Lipinski definition) is 0. The molecule has 0 fully saturated rings. The lowest BCUT2D eigenvalue weighted by molar-refractivity contribution is 1.03. The van der Waals surface area contributed by atoms with E-state index < -0.39 is 0 Å². The van der Waals surface area contributed by atoms with Crippen molar-refractivity contribution in [3.8, 4) is 0 Å². The normalized spacial score (nSPS) is 10.6. The smallest absolute Gasteiger partial charge is 0.137 e. The van der Waals surface area contributed by atoms with Gasteiger partial charge in [-0.25, -0.2) is 4.98 Å². The second-order valence-corrected chi connectivity index (χ2v) is 3.05. The second-order valence-electron chi connectivity index (χ2n) is 2.22. The van der Waals surface area contributed by atoms with Crippen LogP contribution in [0.3, 0.4) is 0 Å². The number of thioether (sulfide) groups is 1. The second kappa shape index (κ2) is 2.58. The van der Waals surface area contributed by atoms with Crippen LogP contribution in [0.15, 0.2) is 35.6 Å². The highest BCUT2D eigenvalue weighted by atomic mass is 32.2. The van der Waals surface area contributed by atoms with Crippen LogP contribution in [0.2, 0.25) is 0 Å². The third-order valence-electron chi connectivity index (χ3n) is 1.60. The van der Waals surface area contributed by atoms with Gasteiger partial charge in [-0.05, 0) is 18.4 Å². The molecule has 0 spiro atoms. The van der Waals surface area contributed by atoms with Crippen LogP contribution >= 0.6 is 11.8 Å². The molecule has 0 aliphatic rings. The molecule has 0 unspecified atom stereocenters. The van der Waals surface area contributed by atoms with Crippen LogP contribution in [0.4, 0.5) is 0 Å². The van der Waals surface area contributed by atoms with E-state index in [9.17, 15) is 0 Å². The van der Waals surface area contributed by atoms with Crippen molar-refractivity contribution in [2.75, 3.05) is 6.26 Å². The van der Waals surface area contributed by atoms with Crippen molar-refractivity contribution in [3.63, 3.8) is 0 Å². The molecule has 0 aliphatic carbocycles. The fourth-order valence-electron chi connectivity index (χ4n) is 1.09. The molecule has 0 bridgehead atoms. The Labute approximate surface area is 69.3 Å². The zero-order chi connectivity index (χ0) is 7.68. The molecule has 0 radical (unpaired) electrons. The van der Waals surface area contributed by atoms with Crippen LogP contribution < -0.4 is 0 Å². The van der Waals surface area contributed by atoms with E-state index in [0.717, 1.165) is 5.65 Å². The molecule has 11 heavy (non-hydrogen) atoms. The highest BCUT2D eigenvalue weighted by Crippen LogP contribution is 2.15. The van der Waals surface area contributed by atoms with Gasteiger partial charge >= 0.3 is 0 Å². The highest BCUT2D eigenvalue weighted by molar-refractivity contribution is 7.98. The van der Waals surface area contributed by atoms with E-state index in [4.69, 9.17) is 0 Å². The van der Waals surface area contributed by atoms with Gasteiger partial charge in [-0.15, -0.1) is 11.8 Å². The van der Waals surface area contributed by atoms with Gasteiger partial charge in [0.2, 0.25) is 0 Å². The molecule has 2 rings (SSSR count). The highest BCUT2D eigenvalue weighted by Gasteiger charge is 1.96. The van der Waals surface area contributed by atoms with Crippen molar-refractivity contribution in [1.82, 2.24) is 9.38 Å². The summed E-state index contributed by atoms with van der Waals surface area (Å²) >= 11 is 1.73. The maximum atomic E-state index is 4.18. The maximum Gasteiger partial charge on any atom is 0.137 e. The summed E-state index contributed by atoms with van der Waals surface area (Å²) in [5.74, 6) is 0. The van der Waals surface area contributed by atoms with Crippen molar-refractivity contribution >= 4 is 17.4 Å². The summed E-state index contributed by atoms with van der Waals surface area (Å²) < 4.78 is 2.07. The van der Waals surface area contributed by atoms with Crippen molar-refractivity contribution in [2.24, 2.45) is 0 Å². The first-order chi connectivity index (χ1) is 5.42. The first kappa shape index (κ1) is 6.73. The standard InChI is InChI=1S/C8H8N2S/c1-11-8-4-2-3-7-9-5-6-10(7)8/h2-6H,1H3. The number of fused-ring (bicyclic) bond motifs is 1. The molecule has 0 saturated carbocycles. The largest absolute Gasteiger partial charge is 0.294 e. The van der Waals surface area contributed by atoms with Crippen LogP contribution in [0.25, 0.3) is 5.65 Å². The zero-order valence-corrected chi connectivity index (χ0v) is 7.01. The Balaban J connectivity index is 2.79. The third-order valence-corrected chi connectivity index (χ3v) is 2.35. The summed E-state index contributed by atoms with van der Waals surface area (Å²) in [7, 11) is 0. The number of aromatic nitrogens is 2. The Morgan fingerprint density at radius 2 is 2.36 bits per heavy atom. The van der Waals surface area contributed by atoms with E-state index in [1.807, 2.05) is 24.5 Å². The molecule has 0 atom stereocenters. The number of hydrogen-bond acceptors (Lipinski definition) is 2. The Morgan fingerprint density at radius 1 is 1.45 bits per heavy atom. The Hall–Kier alpha value is -0.960. The van der Waals surface area contributed by atoms with Crippen LogP contribution in [0.1, 0.15) is 0 Å². The van der Waals surface area contributed by atoms with Crippen molar-refractivity contribution < 1.29 is 0 Å². The lowest BCUT2D eigenvalue weighted by Gasteiger charge is -1.99. The van der Waals surface area contributed by atoms with Crippen LogP contribution in [0, 0.1) is 0 Å². The summed E-state index contributed by atoms with van der Waals surface area (Å²) in [6, 6.07) is 6.10. The van der Waals surface area contributed by atoms with Crippen LogP contribution in [-0.2, 0) is 0 Å². The van der Waals surface area contributed by atoms with Crippen LogP contribution in [0.5, 0.6) is 0 Å². The first-order valence-corrected chi connectivity index (χ1v) is 4.60. The van der Waals surface area contributed by atoms with E-state index in [2.05, 4.69) is 21.7 Å². The van der Waals surface area contributed by atoms with Gasteiger partial charge in [0.1, 0.15) is 5.65 Å². The Bertz CT molecular complexity index is 367. The lowest BCUT2D eigenvalue weighted by Crippen LogP contribution is -1.85. The summed E-state index contributed by atoms with van der Waals surface area (Å²) in [6.07, 6.45) is 5.85. The summed E-state index contributed by atoms with van der Waals surface area (Å²) in [5.41, 5.74) is 1.01. The molecule has 3 heteroatoms. The quantitative estimate of drug-likeness (QED) is 0.600. The minimum Gasteiger partial charge on any atom is -0.294 e. The topological polar surface area (TPSA) is 17.3 Å². The monoisotopic (exact) mass is 164 g/mol. The lowest BCUT2D eigenvalue weighted by atomic mass is 10.5. The van der Waals surface area contributed by atoms with Crippen LogP contribution in [-0.4, -0.2) is 15.6 Å². The molecular formula is C8H8N2S. The van der Waals surface area contributed by atoms with Gasteiger partial charge in [0.05, 0.1) is 5.03 Å². The third kappa shape index (κ3) is 1.01. The Morgan fingerprint density at radius 3 is 3.18 bits per heavy atom. The fraction of sp³-hybridized carbons (Fsp3) is 0.125. The number of pyridine rings is 1. The van der Waals surface area contributed by atoms with Gasteiger partial charge in [0.15, 0.2) is 0 Å². The van der Waals surface area contributed by atoms with E-state index in [-0.39, 0.29) is 0 Å². The number of nitrogens with zero attached hydrogens (tertiary/aromatic N) is 2. The summed E-state index contributed by atoms with van der Waals surface area (Å²) in [6.45, 7) is 0. The van der Waals surface area contributed by atoms with Gasteiger partial charge in [0, 0.05) is 12.4 Å². The molecule has 56 valence electrons. The average molecular weight is 164 g/mol. The van der Waals surface area contributed by atoms with Gasteiger partial charge < -0.3 is 0 Å². The molecular weight excluding hydrogens is 156 g/mol. The first-order valence-electron chi connectivity index (χ1n) is 3.38. The molecule has 0 amide bonds. The molecule has 2 aromatic rings. The van der Waals surface area contributed by atoms with E-state index in [0.29, 0.717) is 0 Å². The summed E-state index contributed by atoms with van der Waals surface area (Å²) in [4.78, 5) is 4.18. The number of imidazole rings is 1. The van der Waals surface area contributed by atoms with Gasteiger partial charge in [-0.3, -0.25) is 4.40 Å². The molecule has 0 N–H and O–H groups in total. The maximum absolute atomic E-state index is 4.18. The number of rotatable bonds is 1. The van der Waals surface area contributed by atoms with Gasteiger partial charge in [-0.1, -0.05) is 6.07 Å². The SMILES string of the molecule is CSc1cccc2nccn12. The molecule has 0 aliphatic heterocycles. The molecule has 2 heterocycles. The van der Waals surface area contributed by atoms with Gasteiger partial charge in [0.25, 0.3) is 0 Å². The fourth-order valence-corrected chi connectivity index (χ4v) is 1.65. The minimum atomic E-state index is 1.01. The zero-order valence-electron chi connectivity index (χ0n) is 6.19. The summed E-state index contributed by atoms with van der Waals surface area (Å²) in [5, 5.41) is 1.22. The average Bonchev–Trinajstić information content (AvgIpc) is 2.50. The Kier molecular flexibility index (Phi) is 1.58. The van der Waals surface area contributed by atoms with E-state index >= 15 is 0 Å². The minimum absolute atomic E-state index is 1.01. The predicted octanol–water partition coefficient (Wildman–Crippen LogP) is 2.06. The van der Waals surface area contributed by atoms with E-state index in [1.54, 1.807) is 11.8 Å². The van der Waals surface area contributed by atoms with Crippen molar-refractivity contribution in [1.29, 1.82) is 0 Å².